The molecule has 0 spiro atoms. The van der Waals surface area contributed by atoms with Crippen LogP contribution < -0.4 is 14.4 Å². The Morgan fingerprint density at radius 1 is 0.933 bits per heavy atom. The summed E-state index contributed by atoms with van der Waals surface area (Å²) in [5, 5.41) is 0.371. The Morgan fingerprint density at radius 3 is 2.83 bits per heavy atom. The fraction of sp³-hybridized carbons (Fsp3) is 0.217. The molecule has 0 aliphatic carbocycles. The highest BCUT2D eigenvalue weighted by atomic mass is 32.2. The Bertz CT molecular complexity index is 1230. The van der Waals surface area contributed by atoms with Crippen LogP contribution in [0.25, 0.3) is 11.0 Å². The number of hydrogen-bond donors (Lipinski definition) is 0. The van der Waals surface area contributed by atoms with Crippen molar-refractivity contribution in [1.82, 2.24) is 8.75 Å². The second-order valence-electron chi connectivity index (χ2n) is 7.48. The number of aromatic nitrogens is 2. The normalized spacial score (nSPS) is 17.7. The third kappa shape index (κ3) is 3.28. The van der Waals surface area contributed by atoms with Crippen LogP contribution in [0.15, 0.2) is 65.6 Å². The number of anilines is 1. The van der Waals surface area contributed by atoms with Crippen LogP contribution in [0, 0.1) is 0 Å². The molecule has 150 valence electrons. The highest BCUT2D eigenvalue weighted by molar-refractivity contribution is 7.99. The Hall–Kier alpha value is -2.77. The minimum absolute atomic E-state index is 0.312. The van der Waals surface area contributed by atoms with Gasteiger partial charge in [-0.1, -0.05) is 24.3 Å². The molecular weight excluding hydrogens is 414 g/mol. The van der Waals surface area contributed by atoms with E-state index in [9.17, 15) is 0 Å². The molecule has 0 radical (unpaired) electrons. The third-order valence-corrected chi connectivity index (χ3v) is 7.54. The van der Waals surface area contributed by atoms with Crippen LogP contribution in [-0.4, -0.2) is 22.1 Å². The zero-order chi connectivity index (χ0) is 19.9. The van der Waals surface area contributed by atoms with Gasteiger partial charge in [0.2, 0.25) is 6.79 Å². The summed E-state index contributed by atoms with van der Waals surface area (Å²) in [5.74, 6) is 1.69. The van der Waals surface area contributed by atoms with Crippen molar-refractivity contribution < 1.29 is 9.47 Å². The number of ether oxygens (including phenoxy) is 2. The van der Waals surface area contributed by atoms with Crippen molar-refractivity contribution in [1.29, 1.82) is 0 Å². The van der Waals surface area contributed by atoms with Crippen molar-refractivity contribution in [3.05, 3.63) is 71.8 Å². The van der Waals surface area contributed by atoms with Gasteiger partial charge >= 0.3 is 0 Å². The van der Waals surface area contributed by atoms with E-state index in [1.807, 2.05) is 17.8 Å². The Balaban J connectivity index is 1.30. The highest BCUT2D eigenvalue weighted by Gasteiger charge is 2.25. The fourth-order valence-electron chi connectivity index (χ4n) is 4.08. The van der Waals surface area contributed by atoms with E-state index in [-0.39, 0.29) is 0 Å². The Kier molecular flexibility index (Phi) is 4.50. The standard InChI is InChI=1S/C23H19N3O2S2/c1-2-4-23-19(3-1)26(13-15-5-7-17-18(11-15)25-30-24-17)10-9-22(29-23)16-6-8-20-21(12-16)28-14-27-20/h1-8,11-12,22H,9-10,13-14H2. The second-order valence-corrected chi connectivity index (χ2v) is 9.26. The van der Waals surface area contributed by atoms with Crippen LogP contribution >= 0.6 is 23.5 Å². The number of fused-ring (bicyclic) bond motifs is 3. The van der Waals surface area contributed by atoms with Gasteiger partial charge in [0.1, 0.15) is 11.0 Å². The molecule has 1 unspecified atom stereocenters. The predicted octanol–water partition coefficient (Wildman–Crippen LogP) is 5.66. The lowest BCUT2D eigenvalue weighted by Crippen LogP contribution is -2.23. The average molecular weight is 434 g/mol. The number of benzene rings is 3. The summed E-state index contributed by atoms with van der Waals surface area (Å²) < 4.78 is 19.8. The van der Waals surface area contributed by atoms with Crippen molar-refractivity contribution in [2.45, 2.75) is 23.1 Å². The van der Waals surface area contributed by atoms with E-state index >= 15 is 0 Å². The maximum atomic E-state index is 5.61. The number of nitrogens with zero attached hydrogens (tertiary/aromatic N) is 3. The summed E-state index contributed by atoms with van der Waals surface area (Å²) in [6.07, 6.45) is 1.06. The van der Waals surface area contributed by atoms with Gasteiger partial charge in [0.25, 0.3) is 0 Å². The quantitative estimate of drug-likeness (QED) is 0.415. The minimum atomic E-state index is 0.312. The molecule has 3 heterocycles. The van der Waals surface area contributed by atoms with Crippen molar-refractivity contribution in [2.24, 2.45) is 0 Å². The molecule has 6 rings (SSSR count). The van der Waals surface area contributed by atoms with Gasteiger partial charge in [-0.2, -0.15) is 8.75 Å². The number of hydrogen-bond acceptors (Lipinski definition) is 7. The van der Waals surface area contributed by atoms with Crippen molar-refractivity contribution >= 4 is 40.2 Å². The van der Waals surface area contributed by atoms with Crippen molar-refractivity contribution in [2.75, 3.05) is 18.2 Å². The van der Waals surface area contributed by atoms with Crippen LogP contribution in [0.3, 0.4) is 0 Å². The topological polar surface area (TPSA) is 47.5 Å². The summed E-state index contributed by atoms with van der Waals surface area (Å²) in [6.45, 7) is 2.15. The van der Waals surface area contributed by atoms with Crippen LogP contribution in [0.5, 0.6) is 11.5 Å². The molecule has 0 saturated carbocycles. The Morgan fingerprint density at radius 2 is 1.83 bits per heavy atom. The smallest absolute Gasteiger partial charge is 0.231 e. The van der Waals surface area contributed by atoms with Crippen LogP contribution in [0.1, 0.15) is 22.8 Å². The van der Waals surface area contributed by atoms with E-state index in [0.29, 0.717) is 12.0 Å². The zero-order valence-corrected chi connectivity index (χ0v) is 17.8. The van der Waals surface area contributed by atoms with E-state index < -0.39 is 0 Å². The monoisotopic (exact) mass is 433 g/mol. The third-order valence-electron chi connectivity index (χ3n) is 5.60. The first kappa shape index (κ1) is 18.0. The molecule has 3 aromatic carbocycles. The fourth-order valence-corrected chi connectivity index (χ4v) is 5.89. The van der Waals surface area contributed by atoms with Gasteiger partial charge in [-0.25, -0.2) is 0 Å². The van der Waals surface area contributed by atoms with Crippen LogP contribution in [0.4, 0.5) is 5.69 Å². The van der Waals surface area contributed by atoms with Gasteiger partial charge in [0, 0.05) is 23.2 Å². The van der Waals surface area contributed by atoms with E-state index in [2.05, 4.69) is 68.2 Å². The summed E-state index contributed by atoms with van der Waals surface area (Å²) in [6, 6.07) is 21.5. The first-order valence-corrected chi connectivity index (χ1v) is 11.6. The van der Waals surface area contributed by atoms with Gasteiger partial charge in [-0.15, -0.1) is 11.8 Å². The van der Waals surface area contributed by atoms with Crippen LogP contribution in [0.2, 0.25) is 0 Å². The van der Waals surface area contributed by atoms with Crippen molar-refractivity contribution in [3.63, 3.8) is 0 Å². The van der Waals surface area contributed by atoms with Crippen LogP contribution in [-0.2, 0) is 6.54 Å². The predicted molar refractivity (Wildman–Crippen MR) is 121 cm³/mol. The molecule has 30 heavy (non-hydrogen) atoms. The lowest BCUT2D eigenvalue weighted by atomic mass is 10.1. The molecule has 2 aliphatic rings. The molecule has 0 amide bonds. The lowest BCUT2D eigenvalue weighted by molar-refractivity contribution is 0.174. The average Bonchev–Trinajstić information content (AvgIpc) is 3.40. The lowest BCUT2D eigenvalue weighted by Gasteiger charge is -2.24. The highest BCUT2D eigenvalue weighted by Crippen LogP contribution is 2.47. The molecule has 1 atom stereocenters. The maximum Gasteiger partial charge on any atom is 0.231 e. The summed E-state index contributed by atoms with van der Waals surface area (Å²) in [5.41, 5.74) is 5.79. The van der Waals surface area contributed by atoms with Gasteiger partial charge in [-0.3, -0.25) is 0 Å². The molecule has 0 N–H and O–H groups in total. The molecule has 7 heteroatoms. The first-order chi connectivity index (χ1) is 14.8. The SMILES string of the molecule is c1ccc2c(c1)SC(c1ccc3c(c1)OCO3)CCN2Cc1ccc2nsnc2c1. The summed E-state index contributed by atoms with van der Waals surface area (Å²) in [7, 11) is 0. The zero-order valence-electron chi connectivity index (χ0n) is 16.2. The first-order valence-electron chi connectivity index (χ1n) is 9.95. The van der Waals surface area contributed by atoms with E-state index in [1.165, 1.54) is 33.4 Å². The van der Waals surface area contributed by atoms with Gasteiger partial charge in [-0.05, 0) is 53.9 Å². The summed E-state index contributed by atoms with van der Waals surface area (Å²) >= 11 is 3.21. The summed E-state index contributed by atoms with van der Waals surface area (Å²) in [4.78, 5) is 3.80. The van der Waals surface area contributed by atoms with Gasteiger partial charge in [0.15, 0.2) is 11.5 Å². The number of rotatable bonds is 3. The second kappa shape index (κ2) is 7.49. The Labute approximate surface area is 183 Å². The number of para-hydroxylation sites is 1. The largest absolute Gasteiger partial charge is 0.454 e. The molecule has 2 aliphatic heterocycles. The molecule has 0 fully saturated rings. The van der Waals surface area contributed by atoms with E-state index in [4.69, 9.17) is 9.47 Å². The van der Waals surface area contributed by atoms with Gasteiger partial charge in [0.05, 0.1) is 17.4 Å². The molecule has 0 saturated heterocycles. The van der Waals surface area contributed by atoms with Gasteiger partial charge < -0.3 is 14.4 Å². The van der Waals surface area contributed by atoms with Crippen molar-refractivity contribution in [3.8, 4) is 11.5 Å². The maximum absolute atomic E-state index is 5.61. The minimum Gasteiger partial charge on any atom is -0.454 e. The molecule has 5 nitrogen and oxygen atoms in total. The molecule has 4 aromatic rings. The van der Waals surface area contributed by atoms with E-state index in [0.717, 1.165) is 42.0 Å². The number of thioether (sulfide) groups is 1. The molecule has 0 bridgehead atoms. The molecule has 1 aromatic heterocycles. The van der Waals surface area contributed by atoms with E-state index in [1.54, 1.807) is 0 Å². The molecular formula is C23H19N3O2S2.